The minimum atomic E-state index is -0.932. The number of carbonyl (C=O) groups is 1. The first kappa shape index (κ1) is 18.1. The van der Waals surface area contributed by atoms with Crippen LogP contribution in [0.5, 0.6) is 5.75 Å². The van der Waals surface area contributed by atoms with Crippen molar-refractivity contribution in [3.8, 4) is 16.9 Å². The SMILES string of the molecule is O=C(O)c1cccc(N2CC(Oc3ccc(CO)cc3)C2)c1-c1ccccc1. The van der Waals surface area contributed by atoms with E-state index in [1.54, 1.807) is 12.1 Å². The van der Waals surface area contributed by atoms with Gasteiger partial charge in [0.1, 0.15) is 11.9 Å². The number of carboxylic acid groups (broad SMARTS) is 1. The molecule has 0 aliphatic carbocycles. The Morgan fingerprint density at radius 2 is 1.68 bits per heavy atom. The topological polar surface area (TPSA) is 70.0 Å². The number of nitrogens with zero attached hydrogens (tertiary/aromatic N) is 1. The average Bonchev–Trinajstić information content (AvgIpc) is 2.71. The zero-order chi connectivity index (χ0) is 19.5. The Hall–Kier alpha value is -3.31. The van der Waals surface area contributed by atoms with Crippen LogP contribution in [0, 0.1) is 0 Å². The van der Waals surface area contributed by atoms with Crippen LogP contribution in [0.4, 0.5) is 5.69 Å². The van der Waals surface area contributed by atoms with E-state index in [-0.39, 0.29) is 12.7 Å². The summed E-state index contributed by atoms with van der Waals surface area (Å²) in [6.07, 6.45) is 0.0390. The molecular weight excluding hydrogens is 354 g/mol. The first-order valence-electron chi connectivity index (χ1n) is 9.19. The molecule has 1 fully saturated rings. The van der Waals surface area contributed by atoms with E-state index in [4.69, 9.17) is 9.84 Å². The molecule has 3 aromatic rings. The number of aromatic carboxylic acids is 1. The number of rotatable bonds is 6. The summed E-state index contributed by atoms with van der Waals surface area (Å²) >= 11 is 0. The molecule has 5 heteroatoms. The standard InChI is InChI=1S/C23H21NO4/c25-15-16-9-11-18(12-10-16)28-19-13-24(14-19)21-8-4-7-20(23(26)27)22(21)17-5-2-1-3-6-17/h1-12,19,25H,13-15H2,(H,26,27). The number of aliphatic hydroxyl groups excluding tert-OH is 1. The van der Waals surface area contributed by atoms with E-state index in [2.05, 4.69) is 4.90 Å². The highest BCUT2D eigenvalue weighted by Crippen LogP contribution is 2.37. The van der Waals surface area contributed by atoms with Crippen LogP contribution in [0.3, 0.4) is 0 Å². The molecule has 0 radical (unpaired) electrons. The number of carboxylic acids is 1. The van der Waals surface area contributed by atoms with Crippen LogP contribution in [-0.4, -0.2) is 35.4 Å². The van der Waals surface area contributed by atoms with Crippen molar-refractivity contribution in [1.82, 2.24) is 0 Å². The zero-order valence-electron chi connectivity index (χ0n) is 15.3. The lowest BCUT2D eigenvalue weighted by atomic mass is 9.95. The molecule has 1 saturated heterocycles. The molecule has 0 aromatic heterocycles. The molecule has 28 heavy (non-hydrogen) atoms. The van der Waals surface area contributed by atoms with Crippen LogP contribution in [0.15, 0.2) is 72.8 Å². The van der Waals surface area contributed by atoms with Crippen LogP contribution in [-0.2, 0) is 6.61 Å². The van der Waals surface area contributed by atoms with Crippen molar-refractivity contribution in [1.29, 1.82) is 0 Å². The lowest BCUT2D eigenvalue weighted by Gasteiger charge is -2.41. The van der Waals surface area contributed by atoms with E-state index >= 15 is 0 Å². The number of anilines is 1. The summed E-state index contributed by atoms with van der Waals surface area (Å²) in [7, 11) is 0. The fourth-order valence-corrected chi connectivity index (χ4v) is 3.47. The first-order valence-corrected chi connectivity index (χ1v) is 9.19. The zero-order valence-corrected chi connectivity index (χ0v) is 15.3. The molecule has 5 nitrogen and oxygen atoms in total. The van der Waals surface area contributed by atoms with E-state index in [1.807, 2.05) is 60.7 Å². The Morgan fingerprint density at radius 1 is 0.964 bits per heavy atom. The van der Waals surface area contributed by atoms with E-state index < -0.39 is 5.97 Å². The Bertz CT molecular complexity index is 964. The molecule has 0 bridgehead atoms. The van der Waals surface area contributed by atoms with Gasteiger partial charge in [-0.1, -0.05) is 48.5 Å². The summed E-state index contributed by atoms with van der Waals surface area (Å²) in [5.74, 6) is -0.164. The van der Waals surface area contributed by atoms with Gasteiger partial charge in [-0.25, -0.2) is 4.79 Å². The van der Waals surface area contributed by atoms with E-state index in [9.17, 15) is 9.90 Å². The fraction of sp³-hybridized carbons (Fsp3) is 0.174. The van der Waals surface area contributed by atoms with Crippen molar-refractivity contribution in [3.05, 3.63) is 83.9 Å². The maximum Gasteiger partial charge on any atom is 0.336 e. The summed E-state index contributed by atoms with van der Waals surface area (Å²) in [5.41, 5.74) is 3.68. The molecule has 0 unspecified atom stereocenters. The summed E-state index contributed by atoms with van der Waals surface area (Å²) in [6, 6.07) is 22.4. The Balaban J connectivity index is 1.54. The third kappa shape index (κ3) is 3.57. The second-order valence-electron chi connectivity index (χ2n) is 6.82. The van der Waals surface area contributed by atoms with Crippen molar-refractivity contribution in [2.45, 2.75) is 12.7 Å². The van der Waals surface area contributed by atoms with Crippen LogP contribution in [0.25, 0.3) is 11.1 Å². The summed E-state index contributed by atoms with van der Waals surface area (Å²) < 4.78 is 5.99. The molecule has 0 amide bonds. The lowest BCUT2D eigenvalue weighted by molar-refractivity contribution is 0.0697. The first-order chi connectivity index (χ1) is 13.7. The lowest BCUT2D eigenvalue weighted by Crippen LogP contribution is -2.54. The van der Waals surface area contributed by atoms with Crippen molar-refractivity contribution >= 4 is 11.7 Å². The molecular formula is C23H21NO4. The van der Waals surface area contributed by atoms with Gasteiger partial charge in [0.05, 0.1) is 25.3 Å². The van der Waals surface area contributed by atoms with Crippen LogP contribution in [0.2, 0.25) is 0 Å². The van der Waals surface area contributed by atoms with Gasteiger partial charge in [-0.3, -0.25) is 0 Å². The van der Waals surface area contributed by atoms with Gasteiger partial charge in [-0.2, -0.15) is 0 Å². The van der Waals surface area contributed by atoms with Crippen molar-refractivity contribution < 1.29 is 19.7 Å². The normalized spacial score (nSPS) is 13.8. The maximum atomic E-state index is 11.8. The van der Waals surface area contributed by atoms with Gasteiger partial charge in [0.25, 0.3) is 0 Å². The molecule has 1 aliphatic rings. The number of hydrogen-bond acceptors (Lipinski definition) is 4. The van der Waals surface area contributed by atoms with Gasteiger partial charge in [0.2, 0.25) is 0 Å². The van der Waals surface area contributed by atoms with Crippen LogP contribution < -0.4 is 9.64 Å². The van der Waals surface area contributed by atoms with Gasteiger partial charge in [-0.05, 0) is 35.4 Å². The summed E-state index contributed by atoms with van der Waals surface area (Å²) in [5, 5.41) is 18.8. The highest BCUT2D eigenvalue weighted by Gasteiger charge is 2.31. The highest BCUT2D eigenvalue weighted by atomic mass is 16.5. The maximum absolute atomic E-state index is 11.8. The van der Waals surface area contributed by atoms with Gasteiger partial charge in [0.15, 0.2) is 0 Å². The smallest absolute Gasteiger partial charge is 0.336 e. The third-order valence-electron chi connectivity index (χ3n) is 4.93. The quantitative estimate of drug-likeness (QED) is 0.686. The molecule has 4 rings (SSSR count). The molecule has 1 heterocycles. The molecule has 3 aromatic carbocycles. The molecule has 0 atom stereocenters. The Morgan fingerprint density at radius 3 is 2.32 bits per heavy atom. The second-order valence-corrected chi connectivity index (χ2v) is 6.82. The molecule has 1 aliphatic heterocycles. The molecule has 0 saturated carbocycles. The predicted molar refractivity (Wildman–Crippen MR) is 108 cm³/mol. The van der Waals surface area contributed by atoms with Crippen molar-refractivity contribution in [2.24, 2.45) is 0 Å². The fourth-order valence-electron chi connectivity index (χ4n) is 3.47. The minimum absolute atomic E-state index is 0.0136. The number of benzene rings is 3. The van der Waals surface area contributed by atoms with Crippen LogP contribution in [0.1, 0.15) is 15.9 Å². The summed E-state index contributed by atoms with van der Waals surface area (Å²) in [6.45, 7) is 1.38. The largest absolute Gasteiger partial charge is 0.487 e. The van der Waals surface area contributed by atoms with E-state index in [0.717, 1.165) is 28.1 Å². The Labute approximate surface area is 163 Å². The predicted octanol–water partition coefficient (Wildman–Crippen LogP) is 3.81. The summed E-state index contributed by atoms with van der Waals surface area (Å²) in [4.78, 5) is 13.9. The van der Waals surface area contributed by atoms with Crippen molar-refractivity contribution in [3.63, 3.8) is 0 Å². The van der Waals surface area contributed by atoms with Gasteiger partial charge in [0, 0.05) is 11.3 Å². The number of aliphatic hydroxyl groups is 1. The van der Waals surface area contributed by atoms with E-state index in [1.165, 1.54) is 0 Å². The van der Waals surface area contributed by atoms with Gasteiger partial charge in [-0.15, -0.1) is 0 Å². The van der Waals surface area contributed by atoms with E-state index in [0.29, 0.717) is 18.7 Å². The van der Waals surface area contributed by atoms with Gasteiger partial charge >= 0.3 is 5.97 Å². The molecule has 142 valence electrons. The third-order valence-corrected chi connectivity index (χ3v) is 4.93. The number of hydrogen-bond donors (Lipinski definition) is 2. The monoisotopic (exact) mass is 375 g/mol. The molecule has 0 spiro atoms. The second kappa shape index (κ2) is 7.74. The minimum Gasteiger partial charge on any atom is -0.487 e. The molecule has 2 N–H and O–H groups in total. The average molecular weight is 375 g/mol. The van der Waals surface area contributed by atoms with Gasteiger partial charge < -0.3 is 19.8 Å². The highest BCUT2D eigenvalue weighted by molar-refractivity contribution is 6.00. The van der Waals surface area contributed by atoms with Crippen molar-refractivity contribution in [2.75, 3.05) is 18.0 Å². The Kier molecular flexibility index (Phi) is 5.00. The van der Waals surface area contributed by atoms with Crippen LogP contribution >= 0.6 is 0 Å². The number of ether oxygens (including phenoxy) is 1.